The van der Waals surface area contributed by atoms with E-state index in [9.17, 15) is 30.7 Å². The average molecular weight is 346 g/mol. The summed E-state index contributed by atoms with van der Waals surface area (Å²) in [6.07, 6.45) is 3.86. The summed E-state index contributed by atoms with van der Waals surface area (Å²) >= 11 is 0. The first-order valence-corrected chi connectivity index (χ1v) is 7.39. The first kappa shape index (κ1) is 18.1. The average Bonchev–Trinajstić information content (AvgIpc) is 2.58. The van der Waals surface area contributed by atoms with Crippen molar-refractivity contribution < 1.29 is 35.5 Å². The molecule has 1 unspecified atom stereocenters. The third-order valence-electron chi connectivity index (χ3n) is 4.39. The van der Waals surface area contributed by atoms with Crippen LogP contribution in [0.4, 0.5) is 30.7 Å². The van der Waals surface area contributed by atoms with E-state index in [0.717, 1.165) is 19.3 Å². The van der Waals surface area contributed by atoms with Gasteiger partial charge in [0.2, 0.25) is 11.6 Å². The Balaban J connectivity index is 2.31. The minimum atomic E-state index is -5.86. The standard InChI is InChI=1S/C15H17F7O/c1-2-6-10(9-7-4-3-5-8-9)23-12-11(16)13(17,18)15(21,22)14(12,19)20/h2,9-10H,1,3-8H2. The van der Waals surface area contributed by atoms with Crippen molar-refractivity contribution in [3.8, 4) is 0 Å². The first-order chi connectivity index (χ1) is 10.6. The Bertz CT molecular complexity index is 492. The molecule has 23 heavy (non-hydrogen) atoms. The van der Waals surface area contributed by atoms with Gasteiger partial charge >= 0.3 is 17.8 Å². The van der Waals surface area contributed by atoms with Crippen molar-refractivity contribution in [2.24, 2.45) is 5.92 Å². The van der Waals surface area contributed by atoms with Gasteiger partial charge in [0.1, 0.15) is 6.10 Å². The van der Waals surface area contributed by atoms with Crippen molar-refractivity contribution in [1.82, 2.24) is 0 Å². The second-order valence-corrected chi connectivity index (χ2v) is 5.95. The highest BCUT2D eigenvalue weighted by Gasteiger charge is 2.82. The molecule has 2 aliphatic rings. The largest absolute Gasteiger partial charge is 0.485 e. The molecule has 0 amide bonds. The molecule has 0 N–H and O–H groups in total. The summed E-state index contributed by atoms with van der Waals surface area (Å²) in [7, 11) is 0. The van der Waals surface area contributed by atoms with Crippen LogP contribution < -0.4 is 0 Å². The van der Waals surface area contributed by atoms with Crippen LogP contribution in [0.1, 0.15) is 38.5 Å². The third-order valence-corrected chi connectivity index (χ3v) is 4.39. The molecule has 0 aromatic rings. The number of rotatable bonds is 5. The molecule has 132 valence electrons. The van der Waals surface area contributed by atoms with Gasteiger partial charge in [0.15, 0.2) is 0 Å². The van der Waals surface area contributed by atoms with Gasteiger partial charge in [-0.05, 0) is 18.8 Å². The van der Waals surface area contributed by atoms with Gasteiger partial charge < -0.3 is 4.74 Å². The number of hydrogen-bond donors (Lipinski definition) is 0. The van der Waals surface area contributed by atoms with E-state index in [-0.39, 0.29) is 12.3 Å². The molecule has 2 rings (SSSR count). The summed E-state index contributed by atoms with van der Waals surface area (Å²) in [6.45, 7) is 3.41. The third kappa shape index (κ3) is 2.74. The molecule has 0 spiro atoms. The van der Waals surface area contributed by atoms with Gasteiger partial charge in [0, 0.05) is 6.42 Å². The molecule has 1 saturated carbocycles. The van der Waals surface area contributed by atoms with Crippen LogP contribution >= 0.6 is 0 Å². The molecular formula is C15H17F7O. The molecule has 1 atom stereocenters. The van der Waals surface area contributed by atoms with Crippen LogP contribution in [0.25, 0.3) is 0 Å². The first-order valence-electron chi connectivity index (χ1n) is 7.39. The summed E-state index contributed by atoms with van der Waals surface area (Å²) < 4.78 is 98.2. The minimum absolute atomic E-state index is 0.0192. The zero-order chi connectivity index (χ0) is 17.5. The second kappa shape index (κ2) is 6.02. The van der Waals surface area contributed by atoms with Crippen LogP contribution in [-0.4, -0.2) is 23.9 Å². The van der Waals surface area contributed by atoms with Crippen LogP contribution in [0.3, 0.4) is 0 Å². The molecule has 8 heteroatoms. The SMILES string of the molecule is C=CCC(OC1=C(F)C(F)(F)C(F)(F)C1(F)F)C1CCCCC1. The van der Waals surface area contributed by atoms with E-state index in [1.807, 2.05) is 0 Å². The summed E-state index contributed by atoms with van der Waals surface area (Å²) in [4.78, 5) is 0. The number of hydrogen-bond acceptors (Lipinski definition) is 1. The molecule has 1 fully saturated rings. The maximum Gasteiger partial charge on any atom is 0.386 e. The predicted octanol–water partition coefficient (Wildman–Crippen LogP) is 5.63. The molecule has 0 saturated heterocycles. The Kier molecular flexibility index (Phi) is 4.74. The summed E-state index contributed by atoms with van der Waals surface area (Å²) in [6, 6.07) is 0. The molecular weight excluding hydrogens is 329 g/mol. The topological polar surface area (TPSA) is 9.23 Å². The van der Waals surface area contributed by atoms with E-state index in [1.165, 1.54) is 6.08 Å². The molecule has 0 aliphatic heterocycles. The highest BCUT2D eigenvalue weighted by Crippen LogP contribution is 2.60. The van der Waals surface area contributed by atoms with Gasteiger partial charge in [-0.2, -0.15) is 26.3 Å². The van der Waals surface area contributed by atoms with Crippen LogP contribution in [0, 0.1) is 5.92 Å². The van der Waals surface area contributed by atoms with E-state index in [4.69, 9.17) is 4.74 Å². The molecule has 1 nitrogen and oxygen atoms in total. The zero-order valence-electron chi connectivity index (χ0n) is 12.2. The van der Waals surface area contributed by atoms with Crippen LogP contribution in [0.2, 0.25) is 0 Å². The lowest BCUT2D eigenvalue weighted by molar-refractivity contribution is -0.275. The summed E-state index contributed by atoms with van der Waals surface area (Å²) in [5.41, 5.74) is 0. The molecule has 0 radical (unpaired) electrons. The molecule has 0 bridgehead atoms. The minimum Gasteiger partial charge on any atom is -0.485 e. The van der Waals surface area contributed by atoms with Gasteiger partial charge in [-0.3, -0.25) is 0 Å². The maximum atomic E-state index is 13.6. The monoisotopic (exact) mass is 346 g/mol. The van der Waals surface area contributed by atoms with E-state index < -0.39 is 35.5 Å². The Hall–Kier alpha value is -1.21. The van der Waals surface area contributed by atoms with Crippen LogP contribution in [0.15, 0.2) is 24.2 Å². The maximum absolute atomic E-state index is 13.6. The number of alkyl halides is 6. The second-order valence-electron chi connectivity index (χ2n) is 5.95. The van der Waals surface area contributed by atoms with Crippen molar-refractivity contribution in [2.75, 3.05) is 0 Å². The highest BCUT2D eigenvalue weighted by molar-refractivity contribution is 5.33. The lowest BCUT2D eigenvalue weighted by atomic mass is 9.84. The van der Waals surface area contributed by atoms with Gasteiger partial charge in [-0.15, -0.1) is 6.58 Å². The summed E-state index contributed by atoms with van der Waals surface area (Å²) in [5.74, 6) is -22.3. The Morgan fingerprint density at radius 1 is 1.04 bits per heavy atom. The molecule has 0 aromatic heterocycles. The van der Waals surface area contributed by atoms with E-state index in [1.54, 1.807) is 0 Å². The lowest BCUT2D eigenvalue weighted by Gasteiger charge is -2.32. The van der Waals surface area contributed by atoms with Crippen molar-refractivity contribution in [3.05, 3.63) is 24.2 Å². The zero-order valence-corrected chi connectivity index (χ0v) is 12.2. The van der Waals surface area contributed by atoms with Crippen molar-refractivity contribution >= 4 is 0 Å². The number of allylic oxidation sites excluding steroid dienone is 2. The number of ether oxygens (including phenoxy) is 1. The van der Waals surface area contributed by atoms with Gasteiger partial charge in [0.25, 0.3) is 0 Å². The highest BCUT2D eigenvalue weighted by atomic mass is 19.3. The summed E-state index contributed by atoms with van der Waals surface area (Å²) in [5, 5.41) is 0. The van der Waals surface area contributed by atoms with E-state index >= 15 is 0 Å². The van der Waals surface area contributed by atoms with E-state index in [2.05, 4.69) is 6.58 Å². The van der Waals surface area contributed by atoms with Crippen LogP contribution in [-0.2, 0) is 4.74 Å². The van der Waals surface area contributed by atoms with Crippen molar-refractivity contribution in [1.29, 1.82) is 0 Å². The van der Waals surface area contributed by atoms with Crippen molar-refractivity contribution in [3.63, 3.8) is 0 Å². The smallest absolute Gasteiger partial charge is 0.386 e. The predicted molar refractivity (Wildman–Crippen MR) is 69.2 cm³/mol. The lowest BCUT2D eigenvalue weighted by Crippen LogP contribution is -2.49. The Morgan fingerprint density at radius 2 is 1.61 bits per heavy atom. The normalized spacial score (nSPS) is 27.8. The quantitative estimate of drug-likeness (QED) is 0.463. The fourth-order valence-corrected chi connectivity index (χ4v) is 3.04. The fraction of sp³-hybridized carbons (Fsp3) is 0.733. The molecule has 0 heterocycles. The van der Waals surface area contributed by atoms with E-state index in [0.29, 0.717) is 12.8 Å². The fourth-order valence-electron chi connectivity index (χ4n) is 3.04. The van der Waals surface area contributed by atoms with Gasteiger partial charge in [-0.25, -0.2) is 4.39 Å². The van der Waals surface area contributed by atoms with Crippen molar-refractivity contribution in [2.45, 2.75) is 62.4 Å². The molecule has 2 aliphatic carbocycles. The Labute approximate surface area is 129 Å². The Morgan fingerprint density at radius 3 is 2.04 bits per heavy atom. The van der Waals surface area contributed by atoms with Gasteiger partial charge in [0.05, 0.1) is 0 Å². The van der Waals surface area contributed by atoms with Gasteiger partial charge in [-0.1, -0.05) is 25.3 Å². The van der Waals surface area contributed by atoms with Crippen LogP contribution in [0.5, 0.6) is 0 Å². The molecule has 0 aromatic carbocycles. The number of halogens is 7.